The van der Waals surface area contributed by atoms with Crippen molar-refractivity contribution in [2.75, 3.05) is 7.05 Å². The molecule has 1 heterocycles. The molecule has 0 spiro atoms. The van der Waals surface area contributed by atoms with Crippen molar-refractivity contribution in [3.63, 3.8) is 0 Å². The maximum atomic E-state index is 13.7. The van der Waals surface area contributed by atoms with Gasteiger partial charge in [-0.05, 0) is 32.2 Å². The summed E-state index contributed by atoms with van der Waals surface area (Å²) in [6, 6.07) is 6.84. The molecule has 19 heavy (non-hydrogen) atoms. The molecule has 2 rings (SSSR count). The Kier molecular flexibility index (Phi) is 4.80. The lowest BCUT2D eigenvalue weighted by Gasteiger charge is -2.07. The van der Waals surface area contributed by atoms with Crippen LogP contribution in [-0.2, 0) is 13.2 Å². The van der Waals surface area contributed by atoms with Crippen LogP contribution in [-0.4, -0.2) is 7.05 Å². The number of nitrogens with one attached hydrogen (secondary N) is 1. The average Bonchev–Trinajstić information content (AvgIpc) is 2.72. The zero-order valence-electron chi connectivity index (χ0n) is 10.8. The van der Waals surface area contributed by atoms with E-state index in [2.05, 4.69) is 11.4 Å². The van der Waals surface area contributed by atoms with Crippen molar-refractivity contribution in [3.05, 3.63) is 50.4 Å². The number of benzene rings is 1. The van der Waals surface area contributed by atoms with E-state index in [0.717, 1.165) is 12.1 Å². The van der Waals surface area contributed by atoms with Crippen molar-refractivity contribution in [2.45, 2.75) is 20.1 Å². The second kappa shape index (κ2) is 6.37. The average molecular weight is 300 g/mol. The van der Waals surface area contributed by atoms with Crippen LogP contribution in [0.2, 0.25) is 5.02 Å². The maximum Gasteiger partial charge on any atom is 0.183 e. The fourth-order valence-electron chi connectivity index (χ4n) is 1.74. The third-order valence-electron chi connectivity index (χ3n) is 2.72. The third kappa shape index (κ3) is 3.47. The van der Waals surface area contributed by atoms with E-state index in [1.54, 1.807) is 23.5 Å². The van der Waals surface area contributed by atoms with Crippen LogP contribution in [0.4, 0.5) is 4.39 Å². The van der Waals surface area contributed by atoms with Crippen LogP contribution in [0, 0.1) is 12.7 Å². The predicted octanol–water partition coefficient (Wildman–Crippen LogP) is 4.15. The molecule has 0 unspecified atom stereocenters. The zero-order valence-corrected chi connectivity index (χ0v) is 12.4. The zero-order chi connectivity index (χ0) is 13.8. The first-order chi connectivity index (χ1) is 9.11. The van der Waals surface area contributed by atoms with Gasteiger partial charge in [0, 0.05) is 21.9 Å². The monoisotopic (exact) mass is 299 g/mol. The normalized spacial score (nSPS) is 10.7. The molecule has 0 aliphatic carbocycles. The molecule has 0 amide bonds. The Bertz CT molecular complexity index is 571. The number of hydrogen-bond acceptors (Lipinski definition) is 3. The third-order valence-corrected chi connectivity index (χ3v) is 4.11. The number of rotatable bonds is 5. The summed E-state index contributed by atoms with van der Waals surface area (Å²) in [6.07, 6.45) is 0. The van der Waals surface area contributed by atoms with E-state index in [1.165, 1.54) is 15.8 Å². The number of aryl methyl sites for hydroxylation is 1. The van der Waals surface area contributed by atoms with Gasteiger partial charge in [-0.2, -0.15) is 0 Å². The van der Waals surface area contributed by atoms with Crippen LogP contribution < -0.4 is 10.1 Å². The van der Waals surface area contributed by atoms with E-state index in [9.17, 15) is 4.39 Å². The van der Waals surface area contributed by atoms with Crippen molar-refractivity contribution in [3.8, 4) is 5.75 Å². The highest BCUT2D eigenvalue weighted by atomic mass is 35.5. The summed E-state index contributed by atoms with van der Waals surface area (Å²) in [5, 5.41) is 3.19. The minimum atomic E-state index is -0.507. The van der Waals surface area contributed by atoms with Crippen molar-refractivity contribution in [1.82, 2.24) is 5.32 Å². The molecule has 5 heteroatoms. The van der Waals surface area contributed by atoms with Crippen LogP contribution in [0.3, 0.4) is 0 Å². The molecule has 1 N–H and O–H groups in total. The van der Waals surface area contributed by atoms with E-state index in [1.807, 2.05) is 14.0 Å². The standard InChI is InChI=1S/C14H15ClFNOS/c1-9-10(6-11(19-9)7-17-2)8-18-13-5-3-4-12(15)14(13)16/h3-6,17H,7-8H2,1-2H3. The van der Waals surface area contributed by atoms with Crippen molar-refractivity contribution in [2.24, 2.45) is 0 Å². The Morgan fingerprint density at radius 3 is 2.95 bits per heavy atom. The molecule has 0 radical (unpaired) electrons. The van der Waals surface area contributed by atoms with Crippen LogP contribution >= 0.6 is 22.9 Å². The van der Waals surface area contributed by atoms with Gasteiger partial charge in [0.25, 0.3) is 0 Å². The van der Waals surface area contributed by atoms with Gasteiger partial charge in [-0.15, -0.1) is 11.3 Å². The molecule has 0 atom stereocenters. The first-order valence-corrected chi connectivity index (χ1v) is 7.11. The quantitative estimate of drug-likeness (QED) is 0.895. The summed E-state index contributed by atoms with van der Waals surface area (Å²) in [7, 11) is 1.91. The van der Waals surface area contributed by atoms with Crippen molar-refractivity contribution in [1.29, 1.82) is 0 Å². The molecule has 2 aromatic rings. The number of thiophene rings is 1. The Morgan fingerprint density at radius 2 is 2.21 bits per heavy atom. The van der Waals surface area contributed by atoms with E-state index in [4.69, 9.17) is 16.3 Å². The lowest BCUT2D eigenvalue weighted by atomic mass is 10.2. The summed E-state index contributed by atoms with van der Waals surface area (Å²) < 4.78 is 19.2. The van der Waals surface area contributed by atoms with Gasteiger partial charge in [0.05, 0.1) is 5.02 Å². The molecule has 0 saturated carbocycles. The molecule has 2 nitrogen and oxygen atoms in total. The summed E-state index contributed by atoms with van der Waals surface area (Å²) in [6.45, 7) is 3.22. The molecular weight excluding hydrogens is 285 g/mol. The van der Waals surface area contributed by atoms with Gasteiger partial charge in [0.2, 0.25) is 0 Å². The molecule has 0 saturated heterocycles. The Hall–Kier alpha value is -1.10. The Morgan fingerprint density at radius 1 is 1.42 bits per heavy atom. The van der Waals surface area contributed by atoms with Crippen LogP contribution in [0.25, 0.3) is 0 Å². The fourth-order valence-corrected chi connectivity index (χ4v) is 2.97. The lowest BCUT2D eigenvalue weighted by molar-refractivity contribution is 0.290. The van der Waals surface area contributed by atoms with Crippen LogP contribution in [0.5, 0.6) is 5.75 Å². The second-order valence-electron chi connectivity index (χ2n) is 4.17. The topological polar surface area (TPSA) is 21.3 Å². The second-order valence-corrected chi connectivity index (χ2v) is 5.91. The molecule has 0 fully saturated rings. The Labute approximate surface area is 121 Å². The highest BCUT2D eigenvalue weighted by molar-refractivity contribution is 7.12. The molecule has 0 bridgehead atoms. The van der Waals surface area contributed by atoms with E-state index in [0.29, 0.717) is 6.61 Å². The summed E-state index contributed by atoms with van der Waals surface area (Å²) in [4.78, 5) is 2.43. The molecule has 0 aliphatic heterocycles. The smallest absolute Gasteiger partial charge is 0.183 e. The van der Waals surface area contributed by atoms with Gasteiger partial charge in [0.15, 0.2) is 11.6 Å². The molecule has 1 aromatic heterocycles. The van der Waals surface area contributed by atoms with Gasteiger partial charge in [-0.25, -0.2) is 4.39 Å². The van der Waals surface area contributed by atoms with Gasteiger partial charge < -0.3 is 10.1 Å². The lowest BCUT2D eigenvalue weighted by Crippen LogP contribution is -2.03. The summed E-state index contributed by atoms with van der Waals surface area (Å²) in [5.74, 6) is -0.319. The Balaban J connectivity index is 2.08. The first-order valence-electron chi connectivity index (χ1n) is 5.91. The van der Waals surface area contributed by atoms with Gasteiger partial charge in [0.1, 0.15) is 6.61 Å². The van der Waals surface area contributed by atoms with Crippen molar-refractivity contribution < 1.29 is 9.13 Å². The van der Waals surface area contributed by atoms with Gasteiger partial charge >= 0.3 is 0 Å². The van der Waals surface area contributed by atoms with Gasteiger partial charge in [-0.3, -0.25) is 0 Å². The minimum absolute atomic E-state index is 0.0791. The highest BCUT2D eigenvalue weighted by Crippen LogP contribution is 2.27. The summed E-state index contributed by atoms with van der Waals surface area (Å²) in [5.41, 5.74) is 1.08. The molecular formula is C14H15ClFNOS. The van der Waals surface area contributed by atoms with Crippen LogP contribution in [0.1, 0.15) is 15.3 Å². The van der Waals surface area contributed by atoms with Crippen LogP contribution in [0.15, 0.2) is 24.3 Å². The molecule has 1 aromatic carbocycles. The van der Waals surface area contributed by atoms with E-state index in [-0.39, 0.29) is 10.8 Å². The highest BCUT2D eigenvalue weighted by Gasteiger charge is 2.10. The first kappa shape index (κ1) is 14.3. The van der Waals surface area contributed by atoms with E-state index >= 15 is 0 Å². The number of hydrogen-bond donors (Lipinski definition) is 1. The maximum absolute atomic E-state index is 13.7. The minimum Gasteiger partial charge on any atom is -0.486 e. The molecule has 102 valence electrons. The number of halogens is 2. The SMILES string of the molecule is CNCc1cc(COc2cccc(Cl)c2F)c(C)s1. The predicted molar refractivity (Wildman–Crippen MR) is 77.6 cm³/mol. The van der Waals surface area contributed by atoms with Crippen molar-refractivity contribution >= 4 is 22.9 Å². The van der Waals surface area contributed by atoms with Gasteiger partial charge in [-0.1, -0.05) is 17.7 Å². The largest absolute Gasteiger partial charge is 0.486 e. The summed E-state index contributed by atoms with van der Waals surface area (Å²) >= 11 is 7.43. The molecule has 0 aliphatic rings. The van der Waals surface area contributed by atoms with E-state index < -0.39 is 5.82 Å². The fraction of sp³-hybridized carbons (Fsp3) is 0.286. The number of ether oxygens (including phenoxy) is 1.